The molecule has 2 nitrogen and oxygen atoms in total. The van der Waals surface area contributed by atoms with E-state index in [0.29, 0.717) is 11.6 Å². The van der Waals surface area contributed by atoms with Gasteiger partial charge in [0.15, 0.2) is 0 Å². The average molecular weight is 266 g/mol. The third-order valence-corrected chi connectivity index (χ3v) is 5.70. The van der Waals surface area contributed by atoms with Crippen LogP contribution in [-0.2, 0) is 0 Å². The van der Waals surface area contributed by atoms with Crippen molar-refractivity contribution >= 4 is 0 Å². The van der Waals surface area contributed by atoms with E-state index in [9.17, 15) is 0 Å². The Balaban J connectivity index is 2.08. The maximum absolute atomic E-state index is 3.92. The summed E-state index contributed by atoms with van der Waals surface area (Å²) in [4.78, 5) is 2.81. The molecule has 2 unspecified atom stereocenters. The summed E-state index contributed by atoms with van der Waals surface area (Å²) in [6, 6.07) is 0.712. The van der Waals surface area contributed by atoms with E-state index in [2.05, 4.69) is 31.0 Å². The fraction of sp³-hybridized carbons (Fsp3) is 1.00. The number of nitrogens with zero attached hydrogens (tertiary/aromatic N) is 1. The summed E-state index contributed by atoms with van der Waals surface area (Å²) in [6.45, 7) is 11.0. The van der Waals surface area contributed by atoms with Gasteiger partial charge >= 0.3 is 0 Å². The van der Waals surface area contributed by atoms with Gasteiger partial charge in [-0.25, -0.2) is 0 Å². The molecule has 1 saturated heterocycles. The monoisotopic (exact) mass is 266 g/mol. The first-order chi connectivity index (χ1) is 9.22. The largest absolute Gasteiger partial charge is 0.312 e. The quantitative estimate of drug-likeness (QED) is 0.754. The van der Waals surface area contributed by atoms with Crippen molar-refractivity contribution in [3.05, 3.63) is 0 Å². The molecule has 2 aliphatic rings. The van der Waals surface area contributed by atoms with Crippen LogP contribution in [0.5, 0.6) is 0 Å². The van der Waals surface area contributed by atoms with Crippen molar-refractivity contribution in [1.29, 1.82) is 0 Å². The predicted molar refractivity (Wildman–Crippen MR) is 83.5 cm³/mol. The SMILES string of the molecule is CCCNC(C1CCC1)C(C)(CC)N1CCCCC1. The van der Waals surface area contributed by atoms with Crippen LogP contribution in [0.4, 0.5) is 0 Å². The predicted octanol–water partition coefficient (Wildman–Crippen LogP) is 3.81. The highest BCUT2D eigenvalue weighted by atomic mass is 15.2. The lowest BCUT2D eigenvalue weighted by Gasteiger charge is -2.52. The molecule has 1 heterocycles. The standard InChI is InChI=1S/C17H34N2/c1-4-12-18-16(15-10-9-11-15)17(3,5-2)19-13-7-6-8-14-19/h15-16,18H,4-14H2,1-3H3. The van der Waals surface area contributed by atoms with Gasteiger partial charge in [0.05, 0.1) is 0 Å². The molecule has 0 spiro atoms. The van der Waals surface area contributed by atoms with Gasteiger partial charge in [0.2, 0.25) is 0 Å². The Morgan fingerprint density at radius 3 is 2.26 bits per heavy atom. The van der Waals surface area contributed by atoms with Crippen LogP contribution < -0.4 is 5.32 Å². The Kier molecular flexibility index (Phi) is 5.70. The van der Waals surface area contributed by atoms with Crippen LogP contribution in [0.15, 0.2) is 0 Å². The van der Waals surface area contributed by atoms with E-state index in [1.807, 2.05) is 0 Å². The number of rotatable bonds is 7. The van der Waals surface area contributed by atoms with Crippen molar-refractivity contribution in [2.45, 2.75) is 83.7 Å². The number of piperidine rings is 1. The Bertz CT molecular complexity index is 256. The van der Waals surface area contributed by atoms with Crippen LogP contribution in [0, 0.1) is 5.92 Å². The zero-order chi connectivity index (χ0) is 13.7. The highest BCUT2D eigenvalue weighted by Crippen LogP contribution is 2.39. The van der Waals surface area contributed by atoms with Gasteiger partial charge in [0, 0.05) is 11.6 Å². The molecular weight excluding hydrogens is 232 g/mol. The van der Waals surface area contributed by atoms with Gasteiger partial charge < -0.3 is 5.32 Å². The minimum absolute atomic E-state index is 0.376. The van der Waals surface area contributed by atoms with E-state index in [0.717, 1.165) is 5.92 Å². The summed E-state index contributed by atoms with van der Waals surface area (Å²) in [5.74, 6) is 0.929. The molecule has 0 aromatic carbocycles. The van der Waals surface area contributed by atoms with Gasteiger partial charge in [-0.1, -0.05) is 26.7 Å². The minimum atomic E-state index is 0.376. The Morgan fingerprint density at radius 1 is 1.11 bits per heavy atom. The van der Waals surface area contributed by atoms with Crippen molar-refractivity contribution < 1.29 is 0 Å². The molecule has 2 atom stereocenters. The Morgan fingerprint density at radius 2 is 1.79 bits per heavy atom. The molecule has 112 valence electrons. The van der Waals surface area contributed by atoms with E-state index in [1.165, 1.54) is 71.0 Å². The Hall–Kier alpha value is -0.0800. The summed E-state index contributed by atoms with van der Waals surface area (Å²) in [6.07, 6.45) is 11.1. The number of likely N-dealkylation sites (tertiary alicyclic amines) is 1. The number of hydrogen-bond donors (Lipinski definition) is 1. The number of hydrogen-bond acceptors (Lipinski definition) is 2. The smallest absolute Gasteiger partial charge is 0.0334 e. The molecule has 0 aromatic heterocycles. The second kappa shape index (κ2) is 7.08. The van der Waals surface area contributed by atoms with Crippen LogP contribution in [-0.4, -0.2) is 36.1 Å². The van der Waals surface area contributed by atoms with Gasteiger partial charge in [0.1, 0.15) is 0 Å². The lowest BCUT2D eigenvalue weighted by molar-refractivity contribution is 0.00742. The van der Waals surface area contributed by atoms with Crippen LogP contribution >= 0.6 is 0 Å². The van der Waals surface area contributed by atoms with Crippen molar-refractivity contribution in [2.75, 3.05) is 19.6 Å². The maximum Gasteiger partial charge on any atom is 0.0334 e. The maximum atomic E-state index is 3.92. The molecular formula is C17H34N2. The minimum Gasteiger partial charge on any atom is -0.312 e. The Labute approximate surface area is 120 Å². The van der Waals surface area contributed by atoms with E-state index in [-0.39, 0.29) is 0 Å². The highest BCUT2D eigenvalue weighted by molar-refractivity contribution is 5.02. The molecule has 1 saturated carbocycles. The molecule has 1 aliphatic heterocycles. The molecule has 2 heteroatoms. The van der Waals surface area contributed by atoms with Crippen molar-refractivity contribution in [2.24, 2.45) is 5.92 Å². The molecule has 0 amide bonds. The second-order valence-corrected chi connectivity index (χ2v) is 6.88. The zero-order valence-corrected chi connectivity index (χ0v) is 13.4. The van der Waals surface area contributed by atoms with E-state index < -0.39 is 0 Å². The summed E-state index contributed by atoms with van der Waals surface area (Å²) in [5.41, 5.74) is 0.376. The lowest BCUT2D eigenvalue weighted by Crippen LogP contribution is -2.63. The van der Waals surface area contributed by atoms with E-state index >= 15 is 0 Å². The normalized spacial score (nSPS) is 26.7. The van der Waals surface area contributed by atoms with Gasteiger partial charge in [-0.3, -0.25) is 4.90 Å². The third-order valence-electron chi connectivity index (χ3n) is 5.70. The molecule has 0 bridgehead atoms. The van der Waals surface area contributed by atoms with Crippen molar-refractivity contribution in [3.63, 3.8) is 0 Å². The first-order valence-corrected chi connectivity index (χ1v) is 8.70. The molecule has 1 N–H and O–H groups in total. The summed E-state index contributed by atoms with van der Waals surface area (Å²) in [5, 5.41) is 3.92. The lowest BCUT2D eigenvalue weighted by atomic mass is 9.70. The third kappa shape index (κ3) is 3.33. The van der Waals surface area contributed by atoms with Crippen LogP contribution in [0.1, 0.15) is 72.1 Å². The molecule has 1 aliphatic carbocycles. The van der Waals surface area contributed by atoms with Gasteiger partial charge in [-0.05, 0) is 71.0 Å². The van der Waals surface area contributed by atoms with Crippen LogP contribution in [0.2, 0.25) is 0 Å². The van der Waals surface area contributed by atoms with Gasteiger partial charge in [0.25, 0.3) is 0 Å². The van der Waals surface area contributed by atoms with Crippen molar-refractivity contribution in [3.8, 4) is 0 Å². The molecule has 2 fully saturated rings. The summed E-state index contributed by atoms with van der Waals surface area (Å²) < 4.78 is 0. The number of nitrogens with one attached hydrogen (secondary N) is 1. The zero-order valence-electron chi connectivity index (χ0n) is 13.4. The fourth-order valence-corrected chi connectivity index (χ4v) is 4.01. The second-order valence-electron chi connectivity index (χ2n) is 6.88. The topological polar surface area (TPSA) is 15.3 Å². The van der Waals surface area contributed by atoms with Crippen molar-refractivity contribution in [1.82, 2.24) is 10.2 Å². The molecule has 19 heavy (non-hydrogen) atoms. The van der Waals surface area contributed by atoms with Gasteiger partial charge in [-0.2, -0.15) is 0 Å². The fourth-order valence-electron chi connectivity index (χ4n) is 4.01. The van der Waals surface area contributed by atoms with Crippen LogP contribution in [0.25, 0.3) is 0 Å². The molecule has 0 radical (unpaired) electrons. The highest BCUT2D eigenvalue weighted by Gasteiger charge is 2.43. The molecule has 0 aromatic rings. The summed E-state index contributed by atoms with van der Waals surface area (Å²) >= 11 is 0. The first-order valence-electron chi connectivity index (χ1n) is 8.70. The average Bonchev–Trinajstić information content (AvgIpc) is 2.41. The van der Waals surface area contributed by atoms with Crippen LogP contribution in [0.3, 0.4) is 0 Å². The van der Waals surface area contributed by atoms with E-state index in [4.69, 9.17) is 0 Å². The molecule has 2 rings (SSSR count). The first kappa shape index (κ1) is 15.3. The summed E-state index contributed by atoms with van der Waals surface area (Å²) in [7, 11) is 0. The van der Waals surface area contributed by atoms with Gasteiger partial charge in [-0.15, -0.1) is 0 Å². The van der Waals surface area contributed by atoms with E-state index in [1.54, 1.807) is 0 Å².